The number of sulfonamides is 1. The van der Waals surface area contributed by atoms with Gasteiger partial charge in [-0.05, 0) is 37.1 Å². The van der Waals surface area contributed by atoms with Crippen molar-refractivity contribution in [2.45, 2.75) is 17.7 Å². The molecular weight excluding hydrogens is 453 g/mol. The van der Waals surface area contributed by atoms with Crippen molar-refractivity contribution in [3.8, 4) is 0 Å². The number of piperidine rings is 1. The molecule has 29 heavy (non-hydrogen) atoms. The van der Waals surface area contributed by atoms with Crippen LogP contribution in [0.25, 0.3) is 10.2 Å². The molecule has 6 nitrogen and oxygen atoms in total. The van der Waals surface area contributed by atoms with Crippen LogP contribution in [-0.2, 0) is 14.8 Å². The Hall–Kier alpha value is -1.71. The fourth-order valence-corrected chi connectivity index (χ4v) is 6.15. The number of thiazole rings is 1. The van der Waals surface area contributed by atoms with E-state index in [1.54, 1.807) is 42.5 Å². The monoisotopic (exact) mass is 469 g/mol. The zero-order valence-corrected chi connectivity index (χ0v) is 18.3. The van der Waals surface area contributed by atoms with Crippen molar-refractivity contribution in [2.24, 2.45) is 5.92 Å². The SMILES string of the molecule is O=C(Nc1nc2c(Cl)c(Cl)ccc2s1)C1CCCN(S(=O)(=O)c2ccccc2)C1. The van der Waals surface area contributed by atoms with Crippen LogP contribution in [0, 0.1) is 5.92 Å². The van der Waals surface area contributed by atoms with Gasteiger partial charge in [0.05, 0.1) is 25.6 Å². The van der Waals surface area contributed by atoms with Crippen molar-refractivity contribution in [3.05, 3.63) is 52.5 Å². The van der Waals surface area contributed by atoms with Crippen LogP contribution in [0.4, 0.5) is 5.13 Å². The topological polar surface area (TPSA) is 79.4 Å². The maximum atomic E-state index is 12.9. The van der Waals surface area contributed by atoms with Crippen LogP contribution >= 0.6 is 34.5 Å². The second-order valence-corrected chi connectivity index (χ2v) is 10.5. The summed E-state index contributed by atoms with van der Waals surface area (Å²) in [5.74, 6) is -0.701. The van der Waals surface area contributed by atoms with Crippen LogP contribution in [0.2, 0.25) is 10.0 Å². The predicted molar refractivity (Wildman–Crippen MR) is 116 cm³/mol. The summed E-state index contributed by atoms with van der Waals surface area (Å²) >= 11 is 13.5. The molecule has 1 unspecified atom stereocenters. The van der Waals surface area contributed by atoms with Gasteiger partial charge in [-0.1, -0.05) is 52.7 Å². The molecule has 3 aromatic rings. The van der Waals surface area contributed by atoms with Gasteiger partial charge in [0, 0.05) is 13.1 Å². The van der Waals surface area contributed by atoms with Crippen LogP contribution in [-0.4, -0.2) is 36.7 Å². The molecule has 0 bridgehead atoms. The van der Waals surface area contributed by atoms with Gasteiger partial charge in [-0.25, -0.2) is 13.4 Å². The van der Waals surface area contributed by atoms with Gasteiger partial charge in [-0.15, -0.1) is 0 Å². The Bertz CT molecular complexity index is 1170. The van der Waals surface area contributed by atoms with E-state index >= 15 is 0 Å². The van der Waals surface area contributed by atoms with Crippen LogP contribution in [0.3, 0.4) is 0 Å². The number of nitrogens with one attached hydrogen (secondary N) is 1. The maximum Gasteiger partial charge on any atom is 0.243 e. The van der Waals surface area contributed by atoms with Crippen molar-refractivity contribution >= 4 is 65.8 Å². The zero-order valence-electron chi connectivity index (χ0n) is 15.1. The number of fused-ring (bicyclic) bond motifs is 1. The second kappa shape index (κ2) is 8.20. The first-order chi connectivity index (χ1) is 13.9. The fourth-order valence-electron chi connectivity index (χ4n) is 3.31. The number of amides is 1. The van der Waals surface area contributed by atoms with Gasteiger partial charge in [0.2, 0.25) is 15.9 Å². The Morgan fingerprint density at radius 2 is 1.93 bits per heavy atom. The van der Waals surface area contributed by atoms with Gasteiger partial charge in [0.25, 0.3) is 0 Å². The first-order valence-corrected chi connectivity index (χ1v) is 12.0. The lowest BCUT2D eigenvalue weighted by Gasteiger charge is -2.31. The number of rotatable bonds is 4. The first-order valence-electron chi connectivity index (χ1n) is 8.97. The normalized spacial score (nSPS) is 18.1. The largest absolute Gasteiger partial charge is 0.302 e. The average molecular weight is 470 g/mol. The van der Waals surface area contributed by atoms with Gasteiger partial charge in [0.1, 0.15) is 5.52 Å². The molecule has 152 valence electrons. The van der Waals surface area contributed by atoms with Crippen molar-refractivity contribution in [1.82, 2.24) is 9.29 Å². The highest BCUT2D eigenvalue weighted by Crippen LogP contribution is 2.35. The molecule has 0 aliphatic carbocycles. The molecule has 2 heterocycles. The number of halogens is 2. The Kier molecular flexibility index (Phi) is 5.81. The number of anilines is 1. The molecule has 0 radical (unpaired) electrons. The van der Waals surface area contributed by atoms with E-state index < -0.39 is 15.9 Å². The molecular formula is C19H17Cl2N3O3S2. The highest BCUT2D eigenvalue weighted by Gasteiger charge is 2.33. The average Bonchev–Trinajstić information content (AvgIpc) is 3.15. The Morgan fingerprint density at radius 1 is 1.17 bits per heavy atom. The molecule has 10 heteroatoms. The third-order valence-corrected chi connectivity index (χ3v) is 8.43. The van der Waals surface area contributed by atoms with E-state index in [9.17, 15) is 13.2 Å². The van der Waals surface area contributed by atoms with Crippen LogP contribution in [0.1, 0.15) is 12.8 Å². The maximum absolute atomic E-state index is 12.9. The minimum Gasteiger partial charge on any atom is -0.302 e. The summed E-state index contributed by atoms with van der Waals surface area (Å²) in [6, 6.07) is 11.7. The number of aromatic nitrogens is 1. The van der Waals surface area contributed by atoms with E-state index in [0.29, 0.717) is 40.1 Å². The van der Waals surface area contributed by atoms with Crippen LogP contribution in [0.15, 0.2) is 47.4 Å². The standard InChI is InChI=1S/C19H17Cl2N3O3S2/c20-14-8-9-15-17(16(14)21)22-19(28-15)23-18(25)12-5-4-10-24(11-12)29(26,27)13-6-2-1-3-7-13/h1-3,6-9,12H,4-5,10-11H2,(H,22,23,25). The minimum atomic E-state index is -3.62. The minimum absolute atomic E-state index is 0.139. The zero-order chi connectivity index (χ0) is 20.6. The van der Waals surface area contributed by atoms with Gasteiger partial charge in [-0.2, -0.15) is 4.31 Å². The number of nitrogens with zero attached hydrogens (tertiary/aromatic N) is 2. The molecule has 1 fully saturated rings. The summed E-state index contributed by atoms with van der Waals surface area (Å²) in [6.45, 7) is 0.538. The number of hydrogen-bond acceptors (Lipinski definition) is 5. The molecule has 0 saturated carbocycles. The van der Waals surface area contributed by atoms with E-state index in [4.69, 9.17) is 23.2 Å². The molecule has 1 saturated heterocycles. The summed E-state index contributed by atoms with van der Waals surface area (Å²) < 4.78 is 27.9. The lowest BCUT2D eigenvalue weighted by molar-refractivity contribution is -0.120. The van der Waals surface area contributed by atoms with Gasteiger partial charge >= 0.3 is 0 Å². The quantitative estimate of drug-likeness (QED) is 0.603. The highest BCUT2D eigenvalue weighted by atomic mass is 35.5. The number of carbonyl (C=O) groups is 1. The molecule has 1 aromatic heterocycles. The molecule has 1 atom stereocenters. The first kappa shape index (κ1) is 20.6. The number of benzene rings is 2. The van der Waals surface area contributed by atoms with Crippen LogP contribution < -0.4 is 5.32 Å². The number of hydrogen-bond donors (Lipinski definition) is 1. The van der Waals surface area contributed by atoms with E-state index in [0.717, 1.165) is 4.70 Å². The molecule has 2 aromatic carbocycles. The smallest absolute Gasteiger partial charge is 0.243 e. The molecule has 1 aliphatic rings. The lowest BCUT2D eigenvalue weighted by Crippen LogP contribution is -2.43. The highest BCUT2D eigenvalue weighted by molar-refractivity contribution is 7.89. The Morgan fingerprint density at radius 3 is 2.69 bits per heavy atom. The van der Waals surface area contributed by atoms with Crippen molar-refractivity contribution < 1.29 is 13.2 Å². The molecule has 1 aliphatic heterocycles. The summed E-state index contributed by atoms with van der Waals surface area (Å²) in [4.78, 5) is 17.4. The van der Waals surface area contributed by atoms with Gasteiger partial charge < -0.3 is 5.32 Å². The van der Waals surface area contributed by atoms with E-state index in [1.165, 1.54) is 15.6 Å². The van der Waals surface area contributed by atoms with Crippen molar-refractivity contribution in [2.75, 3.05) is 18.4 Å². The third-order valence-electron chi connectivity index (χ3n) is 4.82. The third kappa shape index (κ3) is 4.13. The van der Waals surface area contributed by atoms with Crippen molar-refractivity contribution in [1.29, 1.82) is 0 Å². The Labute approximate surface area is 182 Å². The van der Waals surface area contributed by atoms with Gasteiger partial charge in [-0.3, -0.25) is 4.79 Å². The fraction of sp³-hybridized carbons (Fsp3) is 0.263. The van der Waals surface area contributed by atoms with E-state index in [1.807, 2.05) is 0 Å². The van der Waals surface area contributed by atoms with E-state index in [2.05, 4.69) is 10.3 Å². The number of carbonyl (C=O) groups excluding carboxylic acids is 1. The van der Waals surface area contributed by atoms with Crippen molar-refractivity contribution in [3.63, 3.8) is 0 Å². The molecule has 1 amide bonds. The summed E-state index contributed by atoms with van der Waals surface area (Å²) in [5.41, 5.74) is 0.538. The van der Waals surface area contributed by atoms with E-state index in [-0.39, 0.29) is 17.3 Å². The van der Waals surface area contributed by atoms with Crippen LogP contribution in [0.5, 0.6) is 0 Å². The second-order valence-electron chi connectivity index (χ2n) is 6.73. The summed E-state index contributed by atoms with van der Waals surface area (Å²) in [6.07, 6.45) is 1.23. The molecule has 1 N–H and O–H groups in total. The molecule has 0 spiro atoms. The Balaban J connectivity index is 1.50. The summed E-state index contributed by atoms with van der Waals surface area (Å²) in [5, 5.41) is 3.96. The lowest BCUT2D eigenvalue weighted by atomic mass is 9.99. The predicted octanol–water partition coefficient (Wildman–Crippen LogP) is 4.64. The summed E-state index contributed by atoms with van der Waals surface area (Å²) in [7, 11) is -3.62. The van der Waals surface area contributed by atoms with Gasteiger partial charge in [0.15, 0.2) is 5.13 Å². The molecule has 4 rings (SSSR count).